The van der Waals surface area contributed by atoms with E-state index in [2.05, 4.69) is 19.2 Å². The van der Waals surface area contributed by atoms with Crippen LogP contribution in [0, 0.1) is 11.3 Å². The number of carbonyl (C=O) groups is 1. The highest BCUT2D eigenvalue weighted by atomic mass is 16.1. The van der Waals surface area contributed by atoms with E-state index in [4.69, 9.17) is 5.73 Å². The summed E-state index contributed by atoms with van der Waals surface area (Å²) in [6.07, 6.45) is 4.44. The zero-order valence-corrected chi connectivity index (χ0v) is 9.31. The van der Waals surface area contributed by atoms with Crippen molar-refractivity contribution in [3.05, 3.63) is 0 Å². The Balaban J connectivity index is 2.24. The molecule has 82 valence electrons. The van der Waals surface area contributed by atoms with Crippen LogP contribution in [-0.4, -0.2) is 19.0 Å². The molecule has 1 fully saturated rings. The van der Waals surface area contributed by atoms with Gasteiger partial charge in [-0.15, -0.1) is 0 Å². The molecule has 0 unspecified atom stereocenters. The predicted octanol–water partition coefficient (Wildman–Crippen LogP) is 1.28. The number of nitrogens with two attached hydrogens (primary N) is 1. The fraction of sp³-hybridized carbons (Fsp3) is 0.909. The van der Waals surface area contributed by atoms with Crippen LogP contribution < -0.4 is 11.1 Å². The number of hydrogen-bond acceptors (Lipinski definition) is 2. The van der Waals surface area contributed by atoms with Crippen LogP contribution in [0.3, 0.4) is 0 Å². The molecule has 0 heterocycles. The van der Waals surface area contributed by atoms with Crippen LogP contribution in [0.1, 0.15) is 39.5 Å². The molecule has 0 saturated heterocycles. The molecular formula is C11H22N2O. The highest BCUT2D eigenvalue weighted by Gasteiger charge is 2.33. The Morgan fingerprint density at radius 3 is 2.57 bits per heavy atom. The molecule has 1 rings (SSSR count). The van der Waals surface area contributed by atoms with E-state index in [9.17, 15) is 4.79 Å². The average molecular weight is 198 g/mol. The summed E-state index contributed by atoms with van der Waals surface area (Å²) in [5.74, 6) is 0.876. The summed E-state index contributed by atoms with van der Waals surface area (Å²) >= 11 is 0. The van der Waals surface area contributed by atoms with Gasteiger partial charge < -0.3 is 11.1 Å². The van der Waals surface area contributed by atoms with Crippen LogP contribution in [0.2, 0.25) is 0 Å². The second-order valence-corrected chi connectivity index (χ2v) is 4.93. The van der Waals surface area contributed by atoms with Crippen molar-refractivity contribution < 1.29 is 4.79 Å². The third-order valence-electron chi connectivity index (χ3n) is 3.32. The first-order chi connectivity index (χ1) is 6.56. The summed E-state index contributed by atoms with van der Waals surface area (Å²) in [7, 11) is 0. The normalized spacial score (nSPS) is 17.6. The highest BCUT2D eigenvalue weighted by Crippen LogP contribution is 2.41. The van der Waals surface area contributed by atoms with Gasteiger partial charge in [-0.25, -0.2) is 0 Å². The van der Waals surface area contributed by atoms with Gasteiger partial charge in [-0.2, -0.15) is 0 Å². The van der Waals surface area contributed by atoms with Crippen molar-refractivity contribution >= 4 is 5.91 Å². The fourth-order valence-electron chi connectivity index (χ4n) is 1.88. The second-order valence-electron chi connectivity index (χ2n) is 4.93. The molecule has 3 nitrogen and oxygen atoms in total. The van der Waals surface area contributed by atoms with Crippen molar-refractivity contribution in [1.82, 2.24) is 5.32 Å². The standard InChI is InChI=1S/C11H22N2O/c1-11(2,9-4-3-5-9)8-13-10(14)6-7-12/h9H,3-8,12H2,1-2H3,(H,13,14). The lowest BCUT2D eigenvalue weighted by Gasteiger charge is -2.40. The van der Waals surface area contributed by atoms with Crippen LogP contribution in [0.4, 0.5) is 0 Å². The van der Waals surface area contributed by atoms with E-state index >= 15 is 0 Å². The van der Waals surface area contributed by atoms with E-state index in [0.29, 0.717) is 13.0 Å². The minimum Gasteiger partial charge on any atom is -0.356 e. The van der Waals surface area contributed by atoms with Crippen molar-refractivity contribution in [2.75, 3.05) is 13.1 Å². The average Bonchev–Trinajstić information content (AvgIpc) is 1.97. The number of amides is 1. The van der Waals surface area contributed by atoms with Crippen molar-refractivity contribution in [1.29, 1.82) is 0 Å². The minimum absolute atomic E-state index is 0.0832. The Hall–Kier alpha value is -0.570. The van der Waals surface area contributed by atoms with E-state index in [1.165, 1.54) is 19.3 Å². The number of carbonyl (C=O) groups excluding carboxylic acids is 1. The maximum Gasteiger partial charge on any atom is 0.221 e. The van der Waals surface area contributed by atoms with Gasteiger partial charge in [0.1, 0.15) is 0 Å². The predicted molar refractivity (Wildman–Crippen MR) is 57.8 cm³/mol. The lowest BCUT2D eigenvalue weighted by atomic mass is 9.67. The minimum atomic E-state index is 0.0832. The second kappa shape index (κ2) is 4.78. The summed E-state index contributed by atoms with van der Waals surface area (Å²) in [5, 5.41) is 2.95. The van der Waals surface area contributed by atoms with E-state index in [1.807, 2.05) is 0 Å². The molecule has 3 heteroatoms. The first-order valence-corrected chi connectivity index (χ1v) is 5.53. The van der Waals surface area contributed by atoms with E-state index in [0.717, 1.165) is 12.5 Å². The molecule has 0 atom stereocenters. The molecule has 0 aromatic heterocycles. The third-order valence-corrected chi connectivity index (χ3v) is 3.32. The molecule has 1 saturated carbocycles. The molecule has 0 aromatic rings. The number of nitrogens with one attached hydrogen (secondary N) is 1. The van der Waals surface area contributed by atoms with Crippen LogP contribution in [0.5, 0.6) is 0 Å². The van der Waals surface area contributed by atoms with Gasteiger partial charge in [-0.3, -0.25) is 4.79 Å². The molecular weight excluding hydrogens is 176 g/mol. The molecule has 0 bridgehead atoms. The maximum absolute atomic E-state index is 11.2. The molecule has 1 aliphatic rings. The largest absolute Gasteiger partial charge is 0.356 e. The Kier molecular flexibility index (Phi) is 3.93. The zero-order chi connectivity index (χ0) is 10.6. The van der Waals surface area contributed by atoms with Crippen LogP contribution in [0.15, 0.2) is 0 Å². The first kappa shape index (κ1) is 11.5. The van der Waals surface area contributed by atoms with Gasteiger partial charge in [0, 0.05) is 19.5 Å². The molecule has 1 aliphatic carbocycles. The first-order valence-electron chi connectivity index (χ1n) is 5.53. The Bertz CT molecular complexity index is 197. The molecule has 0 aromatic carbocycles. The van der Waals surface area contributed by atoms with Gasteiger partial charge in [0.05, 0.1) is 0 Å². The van der Waals surface area contributed by atoms with Crippen LogP contribution in [0.25, 0.3) is 0 Å². The Labute approximate surface area is 86.4 Å². The van der Waals surface area contributed by atoms with Gasteiger partial charge in [0.25, 0.3) is 0 Å². The summed E-state index contributed by atoms with van der Waals surface area (Å²) in [6, 6.07) is 0. The maximum atomic E-state index is 11.2. The molecule has 1 amide bonds. The quantitative estimate of drug-likeness (QED) is 0.699. The Morgan fingerprint density at radius 1 is 1.50 bits per heavy atom. The van der Waals surface area contributed by atoms with E-state index in [-0.39, 0.29) is 11.3 Å². The Morgan fingerprint density at radius 2 is 2.14 bits per heavy atom. The van der Waals surface area contributed by atoms with Gasteiger partial charge in [0.15, 0.2) is 0 Å². The number of rotatable bonds is 5. The van der Waals surface area contributed by atoms with Gasteiger partial charge in [-0.1, -0.05) is 20.3 Å². The van der Waals surface area contributed by atoms with Gasteiger partial charge in [0.2, 0.25) is 5.91 Å². The SMILES string of the molecule is CC(C)(CNC(=O)CCN)C1CCC1. The summed E-state index contributed by atoms with van der Waals surface area (Å²) in [5.41, 5.74) is 5.56. The fourth-order valence-corrected chi connectivity index (χ4v) is 1.88. The molecule has 0 aliphatic heterocycles. The topological polar surface area (TPSA) is 55.1 Å². The van der Waals surface area contributed by atoms with Gasteiger partial charge >= 0.3 is 0 Å². The highest BCUT2D eigenvalue weighted by molar-refractivity contribution is 5.76. The number of hydrogen-bond donors (Lipinski definition) is 2. The smallest absolute Gasteiger partial charge is 0.221 e. The van der Waals surface area contributed by atoms with E-state index < -0.39 is 0 Å². The van der Waals surface area contributed by atoms with Crippen LogP contribution in [-0.2, 0) is 4.79 Å². The van der Waals surface area contributed by atoms with Crippen molar-refractivity contribution in [3.8, 4) is 0 Å². The zero-order valence-electron chi connectivity index (χ0n) is 9.31. The lowest BCUT2D eigenvalue weighted by molar-refractivity contribution is -0.121. The van der Waals surface area contributed by atoms with E-state index in [1.54, 1.807) is 0 Å². The van der Waals surface area contributed by atoms with Crippen molar-refractivity contribution in [2.45, 2.75) is 39.5 Å². The molecule has 0 radical (unpaired) electrons. The monoisotopic (exact) mass is 198 g/mol. The van der Waals surface area contributed by atoms with Crippen LogP contribution >= 0.6 is 0 Å². The molecule has 0 spiro atoms. The molecule has 14 heavy (non-hydrogen) atoms. The summed E-state index contributed by atoms with van der Waals surface area (Å²) in [6.45, 7) is 5.70. The lowest BCUT2D eigenvalue weighted by Crippen LogP contribution is -2.41. The van der Waals surface area contributed by atoms with Gasteiger partial charge in [-0.05, 0) is 24.2 Å². The van der Waals surface area contributed by atoms with Crippen molar-refractivity contribution in [2.24, 2.45) is 17.1 Å². The molecule has 3 N–H and O–H groups in total. The summed E-state index contributed by atoms with van der Waals surface area (Å²) in [4.78, 5) is 11.2. The third kappa shape index (κ3) is 2.98. The summed E-state index contributed by atoms with van der Waals surface area (Å²) < 4.78 is 0. The van der Waals surface area contributed by atoms with Crippen molar-refractivity contribution in [3.63, 3.8) is 0 Å².